The van der Waals surface area contributed by atoms with E-state index in [1.807, 2.05) is 0 Å². The van der Waals surface area contributed by atoms with Gasteiger partial charge in [0.2, 0.25) is 5.79 Å². The van der Waals surface area contributed by atoms with Crippen molar-refractivity contribution < 1.29 is 19.7 Å². The Labute approximate surface area is 81.8 Å². The second kappa shape index (κ2) is 4.11. The van der Waals surface area contributed by atoms with Crippen LogP contribution in [0, 0.1) is 0 Å². The van der Waals surface area contributed by atoms with Gasteiger partial charge in [0.1, 0.15) is 12.2 Å². The van der Waals surface area contributed by atoms with Gasteiger partial charge in [-0.1, -0.05) is 18.2 Å². The first-order chi connectivity index (χ1) is 6.49. The van der Waals surface area contributed by atoms with Crippen molar-refractivity contribution in [1.29, 1.82) is 0 Å². The Hall–Kier alpha value is -1.55. The topological polar surface area (TPSA) is 66.8 Å². The molecular formula is C10H12O4. The van der Waals surface area contributed by atoms with Crippen LogP contribution < -0.4 is 4.74 Å². The van der Waals surface area contributed by atoms with Gasteiger partial charge < -0.3 is 14.9 Å². The average Bonchev–Trinajstić information content (AvgIpc) is 2.02. The largest absolute Gasteiger partial charge is 0.481 e. The molecule has 0 aromatic heterocycles. The normalized spacial score (nSPS) is 14.4. The van der Waals surface area contributed by atoms with Crippen molar-refractivity contribution in [3.8, 4) is 5.75 Å². The maximum absolute atomic E-state index is 10.4. The molecule has 1 aromatic rings. The SMILES string of the molecule is CC(O)(CC(=O)O)Oc1ccccc1. The van der Waals surface area contributed by atoms with Crippen LogP contribution in [0.15, 0.2) is 30.3 Å². The van der Waals surface area contributed by atoms with Gasteiger partial charge >= 0.3 is 5.97 Å². The number of aliphatic carboxylic acids is 1. The third-order valence-corrected chi connectivity index (χ3v) is 1.56. The van der Waals surface area contributed by atoms with Gasteiger partial charge in [-0.3, -0.25) is 4.79 Å². The molecule has 0 saturated heterocycles. The fourth-order valence-corrected chi connectivity index (χ4v) is 1.06. The summed E-state index contributed by atoms with van der Waals surface area (Å²) in [5.41, 5.74) is 0. The summed E-state index contributed by atoms with van der Waals surface area (Å²) in [6.07, 6.45) is -0.456. The summed E-state index contributed by atoms with van der Waals surface area (Å²) in [4.78, 5) is 10.4. The minimum absolute atomic E-state index is 0.443. The Morgan fingerprint density at radius 2 is 2.00 bits per heavy atom. The predicted molar refractivity (Wildman–Crippen MR) is 49.9 cm³/mol. The standard InChI is InChI=1S/C10H12O4/c1-10(13,7-9(11)12)14-8-5-3-2-4-6-8/h2-6,13H,7H2,1H3,(H,11,12). The van der Waals surface area contributed by atoms with Gasteiger partial charge in [0.05, 0.1) is 0 Å². The zero-order chi connectivity index (χ0) is 10.6. The molecule has 0 bridgehead atoms. The second-order valence-corrected chi connectivity index (χ2v) is 3.16. The van der Waals surface area contributed by atoms with Crippen molar-refractivity contribution in [1.82, 2.24) is 0 Å². The van der Waals surface area contributed by atoms with Gasteiger partial charge in [0.15, 0.2) is 0 Å². The van der Waals surface area contributed by atoms with E-state index in [0.717, 1.165) is 0 Å². The van der Waals surface area contributed by atoms with Gasteiger partial charge in [0, 0.05) is 6.92 Å². The van der Waals surface area contributed by atoms with Crippen LogP contribution in [0.4, 0.5) is 0 Å². The molecule has 1 atom stereocenters. The van der Waals surface area contributed by atoms with E-state index in [9.17, 15) is 9.90 Å². The van der Waals surface area contributed by atoms with Crippen molar-refractivity contribution in [2.75, 3.05) is 0 Å². The first-order valence-corrected chi connectivity index (χ1v) is 4.18. The molecule has 0 aliphatic rings. The van der Waals surface area contributed by atoms with Gasteiger partial charge in [0.25, 0.3) is 0 Å². The molecule has 76 valence electrons. The molecule has 0 amide bonds. The Morgan fingerprint density at radius 1 is 1.43 bits per heavy atom. The van der Waals surface area contributed by atoms with Crippen molar-refractivity contribution in [3.63, 3.8) is 0 Å². The highest BCUT2D eigenvalue weighted by atomic mass is 16.6. The van der Waals surface area contributed by atoms with Crippen LogP contribution in [0.25, 0.3) is 0 Å². The van der Waals surface area contributed by atoms with E-state index >= 15 is 0 Å². The molecule has 0 saturated carbocycles. The van der Waals surface area contributed by atoms with Gasteiger partial charge in [-0.05, 0) is 12.1 Å². The molecule has 14 heavy (non-hydrogen) atoms. The van der Waals surface area contributed by atoms with Crippen LogP contribution in [0.1, 0.15) is 13.3 Å². The van der Waals surface area contributed by atoms with Crippen LogP contribution in [-0.4, -0.2) is 22.0 Å². The van der Waals surface area contributed by atoms with Crippen LogP contribution in [-0.2, 0) is 4.79 Å². The first-order valence-electron chi connectivity index (χ1n) is 4.18. The number of rotatable bonds is 4. The number of aliphatic hydroxyl groups is 1. The number of carboxylic acid groups (broad SMARTS) is 1. The van der Waals surface area contributed by atoms with E-state index in [2.05, 4.69) is 0 Å². The molecule has 0 radical (unpaired) electrons. The van der Waals surface area contributed by atoms with Crippen molar-refractivity contribution in [2.45, 2.75) is 19.1 Å². The van der Waals surface area contributed by atoms with E-state index in [1.165, 1.54) is 6.92 Å². The van der Waals surface area contributed by atoms with Gasteiger partial charge in [-0.25, -0.2) is 0 Å². The quantitative estimate of drug-likeness (QED) is 0.711. The fraction of sp³-hybridized carbons (Fsp3) is 0.300. The number of ether oxygens (including phenoxy) is 1. The highest BCUT2D eigenvalue weighted by molar-refractivity contribution is 5.67. The van der Waals surface area contributed by atoms with Crippen molar-refractivity contribution in [2.24, 2.45) is 0 Å². The summed E-state index contributed by atoms with van der Waals surface area (Å²) < 4.78 is 5.09. The Balaban J connectivity index is 2.63. The molecule has 1 aromatic carbocycles. The van der Waals surface area contributed by atoms with Crippen LogP contribution >= 0.6 is 0 Å². The molecule has 0 fully saturated rings. The smallest absolute Gasteiger partial charge is 0.310 e. The van der Waals surface area contributed by atoms with Crippen LogP contribution in [0.5, 0.6) is 5.75 Å². The van der Waals surface area contributed by atoms with Crippen LogP contribution in [0.3, 0.4) is 0 Å². The summed E-state index contributed by atoms with van der Waals surface area (Å²) in [7, 11) is 0. The lowest BCUT2D eigenvalue weighted by molar-refractivity contribution is -0.161. The predicted octanol–water partition coefficient (Wildman–Crippen LogP) is 1.25. The van der Waals surface area contributed by atoms with E-state index < -0.39 is 18.2 Å². The molecule has 1 rings (SSSR count). The molecule has 1 unspecified atom stereocenters. The minimum Gasteiger partial charge on any atom is -0.481 e. The zero-order valence-corrected chi connectivity index (χ0v) is 7.80. The third-order valence-electron chi connectivity index (χ3n) is 1.56. The van der Waals surface area contributed by atoms with E-state index in [4.69, 9.17) is 9.84 Å². The maximum Gasteiger partial charge on any atom is 0.310 e. The van der Waals surface area contributed by atoms with Gasteiger partial charge in [-0.15, -0.1) is 0 Å². The van der Waals surface area contributed by atoms with E-state index in [1.54, 1.807) is 30.3 Å². The second-order valence-electron chi connectivity index (χ2n) is 3.16. The molecule has 4 nitrogen and oxygen atoms in total. The fourth-order valence-electron chi connectivity index (χ4n) is 1.06. The number of carboxylic acids is 1. The zero-order valence-electron chi connectivity index (χ0n) is 7.80. The molecule has 0 aliphatic carbocycles. The Morgan fingerprint density at radius 3 is 2.50 bits per heavy atom. The highest BCUT2D eigenvalue weighted by Crippen LogP contribution is 2.18. The average molecular weight is 196 g/mol. The van der Waals surface area contributed by atoms with Crippen molar-refractivity contribution >= 4 is 5.97 Å². The number of hydrogen-bond donors (Lipinski definition) is 2. The maximum atomic E-state index is 10.4. The first kappa shape index (κ1) is 10.5. The number of para-hydroxylation sites is 1. The minimum atomic E-state index is -1.67. The monoisotopic (exact) mass is 196 g/mol. The summed E-state index contributed by atoms with van der Waals surface area (Å²) in [5.74, 6) is -2.34. The molecule has 0 aliphatic heterocycles. The number of hydrogen-bond acceptors (Lipinski definition) is 3. The summed E-state index contributed by atoms with van der Waals surface area (Å²) >= 11 is 0. The van der Waals surface area contributed by atoms with Gasteiger partial charge in [-0.2, -0.15) is 0 Å². The Kier molecular flexibility index (Phi) is 3.09. The molecule has 0 spiro atoms. The van der Waals surface area contributed by atoms with E-state index in [0.29, 0.717) is 5.75 Å². The number of carbonyl (C=O) groups is 1. The lowest BCUT2D eigenvalue weighted by Crippen LogP contribution is -2.34. The molecular weight excluding hydrogens is 184 g/mol. The van der Waals surface area contributed by atoms with E-state index in [-0.39, 0.29) is 0 Å². The molecule has 2 N–H and O–H groups in total. The van der Waals surface area contributed by atoms with Crippen molar-refractivity contribution in [3.05, 3.63) is 30.3 Å². The summed E-state index contributed by atoms with van der Waals surface area (Å²) in [6.45, 7) is 1.31. The molecule has 0 heterocycles. The summed E-state index contributed by atoms with van der Waals surface area (Å²) in [5, 5.41) is 18.0. The lowest BCUT2D eigenvalue weighted by Gasteiger charge is -2.22. The summed E-state index contributed by atoms with van der Waals surface area (Å²) in [6, 6.07) is 8.59. The van der Waals surface area contributed by atoms with Crippen LogP contribution in [0.2, 0.25) is 0 Å². The third kappa shape index (κ3) is 3.45. The highest BCUT2D eigenvalue weighted by Gasteiger charge is 2.26. The Bertz CT molecular complexity index is 305. The number of benzene rings is 1. The molecule has 4 heteroatoms. The lowest BCUT2D eigenvalue weighted by atomic mass is 10.2.